The van der Waals surface area contributed by atoms with Gasteiger partial charge in [0.15, 0.2) is 6.61 Å². The van der Waals surface area contributed by atoms with E-state index in [-0.39, 0.29) is 12.5 Å². The maximum atomic E-state index is 12.1. The quantitative estimate of drug-likeness (QED) is 0.878. The number of amides is 1. The summed E-state index contributed by atoms with van der Waals surface area (Å²) in [5.41, 5.74) is 3.87. The Morgan fingerprint density at radius 1 is 1.14 bits per heavy atom. The van der Waals surface area contributed by atoms with Gasteiger partial charge >= 0.3 is 5.97 Å². The molecular weight excluding hydrogens is 284 g/mol. The Bertz CT molecular complexity index is 696. The van der Waals surface area contributed by atoms with Crippen molar-refractivity contribution >= 4 is 17.8 Å². The number of hydrogen-bond acceptors (Lipinski definition) is 5. The number of rotatable bonds is 4. The lowest BCUT2D eigenvalue weighted by molar-refractivity contribution is -0.119. The standard InChI is InChI=1S/C16H18N2O4/c1-9-5-10(2)15(11(3)6-9)16(20)21-8-13(19)17-14-7-12(4)18-22-14/h5-7H,8H2,1-4H3,(H,17,19). The van der Waals surface area contributed by atoms with Crippen LogP contribution < -0.4 is 5.32 Å². The molecule has 0 spiro atoms. The zero-order valence-corrected chi connectivity index (χ0v) is 13.0. The summed E-state index contributed by atoms with van der Waals surface area (Å²) < 4.78 is 9.91. The molecule has 0 radical (unpaired) electrons. The molecule has 0 bridgehead atoms. The number of carbonyl (C=O) groups is 2. The van der Waals surface area contributed by atoms with E-state index >= 15 is 0 Å². The molecule has 2 rings (SSSR count). The van der Waals surface area contributed by atoms with Crippen molar-refractivity contribution in [3.8, 4) is 0 Å². The summed E-state index contributed by atoms with van der Waals surface area (Å²) in [5, 5.41) is 6.11. The van der Waals surface area contributed by atoms with Crippen molar-refractivity contribution in [2.75, 3.05) is 11.9 Å². The summed E-state index contributed by atoms with van der Waals surface area (Å²) in [6.07, 6.45) is 0. The van der Waals surface area contributed by atoms with Gasteiger partial charge in [-0.15, -0.1) is 0 Å². The zero-order valence-electron chi connectivity index (χ0n) is 13.0. The third kappa shape index (κ3) is 3.72. The second-order valence-electron chi connectivity index (χ2n) is 5.23. The van der Waals surface area contributed by atoms with E-state index in [9.17, 15) is 9.59 Å². The van der Waals surface area contributed by atoms with Crippen molar-refractivity contribution in [3.05, 3.63) is 46.1 Å². The summed E-state index contributed by atoms with van der Waals surface area (Å²) in [5.74, 6) is -0.771. The van der Waals surface area contributed by atoms with Gasteiger partial charge in [-0.05, 0) is 38.8 Å². The van der Waals surface area contributed by atoms with E-state index in [2.05, 4.69) is 10.5 Å². The Labute approximate surface area is 128 Å². The summed E-state index contributed by atoms with van der Waals surface area (Å²) >= 11 is 0. The highest BCUT2D eigenvalue weighted by Crippen LogP contribution is 2.17. The minimum Gasteiger partial charge on any atom is -0.452 e. The highest BCUT2D eigenvalue weighted by atomic mass is 16.5. The fraction of sp³-hybridized carbons (Fsp3) is 0.312. The molecular formula is C16H18N2O4. The zero-order chi connectivity index (χ0) is 16.3. The molecule has 0 atom stereocenters. The van der Waals surface area contributed by atoms with Crippen LogP contribution in [0.5, 0.6) is 0 Å². The van der Waals surface area contributed by atoms with Gasteiger partial charge in [0.2, 0.25) is 5.88 Å². The third-order valence-corrected chi connectivity index (χ3v) is 3.11. The SMILES string of the molecule is Cc1cc(C)c(C(=O)OCC(=O)Nc2cc(C)no2)c(C)c1. The van der Waals surface area contributed by atoms with E-state index in [1.807, 2.05) is 32.9 Å². The molecule has 0 unspecified atom stereocenters. The molecule has 116 valence electrons. The Hall–Kier alpha value is -2.63. The number of carbonyl (C=O) groups excluding carboxylic acids is 2. The molecule has 22 heavy (non-hydrogen) atoms. The number of aryl methyl sites for hydroxylation is 4. The second kappa shape index (κ2) is 6.43. The van der Waals surface area contributed by atoms with Gasteiger partial charge in [0.1, 0.15) is 0 Å². The van der Waals surface area contributed by atoms with Crippen LogP contribution in [-0.4, -0.2) is 23.6 Å². The monoisotopic (exact) mass is 302 g/mol. The Morgan fingerprint density at radius 3 is 2.32 bits per heavy atom. The normalized spacial score (nSPS) is 10.4. The molecule has 0 aliphatic carbocycles. The van der Waals surface area contributed by atoms with Crippen LogP contribution in [-0.2, 0) is 9.53 Å². The Kier molecular flexibility index (Phi) is 4.60. The molecule has 0 saturated carbocycles. The Balaban J connectivity index is 1.97. The molecule has 2 aromatic rings. The van der Waals surface area contributed by atoms with E-state index in [0.717, 1.165) is 16.7 Å². The molecule has 1 heterocycles. The van der Waals surface area contributed by atoms with Gasteiger partial charge in [0.25, 0.3) is 5.91 Å². The molecule has 6 heteroatoms. The fourth-order valence-corrected chi connectivity index (χ4v) is 2.30. The number of anilines is 1. The van der Waals surface area contributed by atoms with Crippen LogP contribution in [0.2, 0.25) is 0 Å². The number of nitrogens with one attached hydrogen (secondary N) is 1. The predicted molar refractivity (Wildman–Crippen MR) is 80.8 cm³/mol. The molecule has 0 saturated heterocycles. The van der Waals surface area contributed by atoms with Crippen LogP contribution in [0, 0.1) is 27.7 Å². The molecule has 6 nitrogen and oxygen atoms in total. The van der Waals surface area contributed by atoms with E-state index < -0.39 is 11.9 Å². The highest BCUT2D eigenvalue weighted by molar-refractivity contribution is 5.96. The summed E-state index contributed by atoms with van der Waals surface area (Å²) in [6.45, 7) is 7.00. The van der Waals surface area contributed by atoms with E-state index in [4.69, 9.17) is 9.26 Å². The van der Waals surface area contributed by atoms with Gasteiger partial charge in [-0.1, -0.05) is 22.9 Å². The minimum absolute atomic E-state index is 0.223. The molecule has 0 aliphatic heterocycles. The fourth-order valence-electron chi connectivity index (χ4n) is 2.30. The molecule has 1 aromatic carbocycles. The van der Waals surface area contributed by atoms with Gasteiger partial charge in [0, 0.05) is 6.07 Å². The molecule has 0 fully saturated rings. The summed E-state index contributed by atoms with van der Waals surface area (Å²) in [7, 11) is 0. The lowest BCUT2D eigenvalue weighted by atomic mass is 10.00. The highest BCUT2D eigenvalue weighted by Gasteiger charge is 2.16. The minimum atomic E-state index is -0.515. The molecule has 1 aromatic heterocycles. The van der Waals surface area contributed by atoms with Crippen LogP contribution in [0.15, 0.2) is 22.7 Å². The van der Waals surface area contributed by atoms with Crippen molar-refractivity contribution in [2.24, 2.45) is 0 Å². The largest absolute Gasteiger partial charge is 0.452 e. The topological polar surface area (TPSA) is 81.4 Å². The molecule has 1 N–H and O–H groups in total. The number of hydrogen-bond donors (Lipinski definition) is 1. The first-order valence-corrected chi connectivity index (χ1v) is 6.85. The first-order chi connectivity index (χ1) is 10.4. The van der Waals surface area contributed by atoms with E-state index in [0.29, 0.717) is 11.3 Å². The first kappa shape index (κ1) is 15.8. The van der Waals surface area contributed by atoms with Crippen molar-refractivity contribution in [3.63, 3.8) is 0 Å². The number of aromatic nitrogens is 1. The lowest BCUT2D eigenvalue weighted by Gasteiger charge is -2.10. The van der Waals surface area contributed by atoms with Crippen molar-refractivity contribution in [1.29, 1.82) is 0 Å². The smallest absolute Gasteiger partial charge is 0.339 e. The third-order valence-electron chi connectivity index (χ3n) is 3.11. The van der Waals surface area contributed by atoms with Crippen LogP contribution in [0.3, 0.4) is 0 Å². The number of ether oxygens (including phenoxy) is 1. The predicted octanol–water partition coefficient (Wildman–Crippen LogP) is 2.70. The van der Waals surface area contributed by atoms with E-state index in [1.165, 1.54) is 0 Å². The average Bonchev–Trinajstić information content (AvgIpc) is 2.80. The maximum absolute atomic E-state index is 12.1. The van der Waals surface area contributed by atoms with Crippen LogP contribution in [0.1, 0.15) is 32.7 Å². The maximum Gasteiger partial charge on any atom is 0.339 e. The van der Waals surface area contributed by atoms with Gasteiger partial charge in [-0.25, -0.2) is 4.79 Å². The van der Waals surface area contributed by atoms with Gasteiger partial charge < -0.3 is 9.26 Å². The second-order valence-corrected chi connectivity index (χ2v) is 5.23. The summed E-state index contributed by atoms with van der Waals surface area (Å²) in [6, 6.07) is 5.38. The summed E-state index contributed by atoms with van der Waals surface area (Å²) in [4.78, 5) is 23.8. The van der Waals surface area contributed by atoms with Gasteiger partial charge in [-0.2, -0.15) is 0 Å². The number of esters is 1. The molecule has 0 aliphatic rings. The van der Waals surface area contributed by atoms with Crippen LogP contribution >= 0.6 is 0 Å². The molecule has 1 amide bonds. The lowest BCUT2D eigenvalue weighted by Crippen LogP contribution is -2.21. The number of nitrogens with zero attached hydrogens (tertiary/aromatic N) is 1. The van der Waals surface area contributed by atoms with Gasteiger partial charge in [0.05, 0.1) is 11.3 Å². The van der Waals surface area contributed by atoms with Crippen molar-refractivity contribution in [2.45, 2.75) is 27.7 Å². The number of benzene rings is 1. The average molecular weight is 302 g/mol. The van der Waals surface area contributed by atoms with Crippen molar-refractivity contribution in [1.82, 2.24) is 5.16 Å². The van der Waals surface area contributed by atoms with E-state index in [1.54, 1.807) is 13.0 Å². The van der Waals surface area contributed by atoms with Crippen molar-refractivity contribution < 1.29 is 18.8 Å². The van der Waals surface area contributed by atoms with Gasteiger partial charge in [-0.3, -0.25) is 10.1 Å². The van der Waals surface area contributed by atoms with Crippen LogP contribution in [0.4, 0.5) is 5.88 Å². The Morgan fingerprint density at radius 2 is 1.77 bits per heavy atom. The first-order valence-electron chi connectivity index (χ1n) is 6.85. The van der Waals surface area contributed by atoms with Crippen LogP contribution in [0.25, 0.3) is 0 Å².